The molecule has 6 heteroatoms. The fourth-order valence-corrected chi connectivity index (χ4v) is 2.63. The predicted octanol–water partition coefficient (Wildman–Crippen LogP) is 4.69. The van der Waals surface area contributed by atoms with E-state index in [0.717, 1.165) is 5.56 Å². The number of hydrogen-bond donors (Lipinski definition) is 0. The minimum absolute atomic E-state index is 0.116. The second kappa shape index (κ2) is 7.84. The smallest absolute Gasteiger partial charge is 0.264 e. The van der Waals surface area contributed by atoms with Crippen LogP contribution in [0.25, 0.3) is 11.4 Å². The van der Waals surface area contributed by atoms with E-state index in [1.165, 1.54) is 24.3 Å². The molecule has 0 aliphatic rings. The molecule has 0 atom stereocenters. The largest absolute Gasteiger partial charge is 0.484 e. The van der Waals surface area contributed by atoms with Gasteiger partial charge in [-0.3, -0.25) is 4.79 Å². The van der Waals surface area contributed by atoms with Gasteiger partial charge in [0.15, 0.2) is 12.4 Å². The van der Waals surface area contributed by atoms with Crippen molar-refractivity contribution in [1.82, 2.24) is 10.1 Å². The van der Waals surface area contributed by atoms with E-state index in [2.05, 4.69) is 10.1 Å². The summed E-state index contributed by atoms with van der Waals surface area (Å²) in [6.07, 6.45) is 0. The van der Waals surface area contributed by atoms with Crippen LogP contribution in [0.3, 0.4) is 0 Å². The molecule has 0 bridgehead atoms. The first-order valence-corrected chi connectivity index (χ1v) is 8.60. The van der Waals surface area contributed by atoms with Gasteiger partial charge in [-0.1, -0.05) is 35.5 Å². The first kappa shape index (κ1) is 17.6. The molecular formula is C22H15FN2O3. The number of ketones is 1. The number of carbonyl (C=O) groups is 1. The number of halogens is 1. The van der Waals surface area contributed by atoms with Crippen LogP contribution >= 0.6 is 0 Å². The quantitative estimate of drug-likeness (QED) is 0.458. The van der Waals surface area contributed by atoms with E-state index in [4.69, 9.17) is 9.26 Å². The van der Waals surface area contributed by atoms with Crippen LogP contribution < -0.4 is 4.74 Å². The lowest BCUT2D eigenvalue weighted by atomic mass is 10.0. The topological polar surface area (TPSA) is 65.2 Å². The number of carbonyl (C=O) groups excluding carboxylic acids is 1. The monoisotopic (exact) mass is 374 g/mol. The lowest BCUT2D eigenvalue weighted by molar-refractivity contribution is 0.103. The maximum absolute atomic E-state index is 13.0. The van der Waals surface area contributed by atoms with Gasteiger partial charge in [-0.15, -0.1) is 0 Å². The Morgan fingerprint density at radius 3 is 2.21 bits per heavy atom. The summed E-state index contributed by atoms with van der Waals surface area (Å²) < 4.78 is 23.8. The summed E-state index contributed by atoms with van der Waals surface area (Å²) in [5, 5.41) is 3.94. The van der Waals surface area contributed by atoms with Crippen LogP contribution in [0.4, 0.5) is 4.39 Å². The summed E-state index contributed by atoms with van der Waals surface area (Å²) in [6.45, 7) is 0.116. The molecule has 138 valence electrons. The number of aromatic nitrogens is 2. The highest BCUT2D eigenvalue weighted by molar-refractivity contribution is 6.08. The van der Waals surface area contributed by atoms with Gasteiger partial charge < -0.3 is 9.26 Å². The van der Waals surface area contributed by atoms with Gasteiger partial charge in [-0.25, -0.2) is 4.39 Å². The average molecular weight is 374 g/mol. The molecule has 0 fully saturated rings. The normalized spacial score (nSPS) is 10.6. The zero-order valence-corrected chi connectivity index (χ0v) is 14.7. The van der Waals surface area contributed by atoms with E-state index < -0.39 is 0 Å². The molecule has 0 amide bonds. The molecule has 3 aromatic carbocycles. The Balaban J connectivity index is 1.39. The van der Waals surface area contributed by atoms with Crippen LogP contribution in [0.15, 0.2) is 83.4 Å². The van der Waals surface area contributed by atoms with Gasteiger partial charge in [0.1, 0.15) is 11.6 Å². The molecule has 4 rings (SSSR count). The van der Waals surface area contributed by atoms with Crippen LogP contribution in [0.2, 0.25) is 0 Å². The van der Waals surface area contributed by atoms with Gasteiger partial charge in [0.05, 0.1) is 0 Å². The third-order valence-corrected chi connectivity index (χ3v) is 4.09. The Morgan fingerprint density at radius 2 is 1.54 bits per heavy atom. The SMILES string of the molecule is O=C(c1ccc(F)cc1)c1ccc(OCc2nc(-c3ccccc3)no2)cc1. The lowest BCUT2D eigenvalue weighted by Gasteiger charge is -2.05. The van der Waals surface area contributed by atoms with Crippen molar-refractivity contribution in [1.29, 1.82) is 0 Å². The molecule has 0 aliphatic carbocycles. The molecule has 0 spiro atoms. The third-order valence-electron chi connectivity index (χ3n) is 4.09. The van der Waals surface area contributed by atoms with Crippen LogP contribution in [-0.2, 0) is 6.61 Å². The highest BCUT2D eigenvalue weighted by Crippen LogP contribution is 2.18. The summed E-state index contributed by atoms with van der Waals surface area (Å²) in [5.41, 5.74) is 1.78. The Bertz CT molecular complexity index is 1070. The zero-order chi connectivity index (χ0) is 19.3. The van der Waals surface area contributed by atoms with Crippen LogP contribution in [0.5, 0.6) is 5.75 Å². The molecule has 1 aromatic heterocycles. The van der Waals surface area contributed by atoms with E-state index in [-0.39, 0.29) is 18.2 Å². The van der Waals surface area contributed by atoms with Crippen molar-refractivity contribution in [3.63, 3.8) is 0 Å². The second-order valence-corrected chi connectivity index (χ2v) is 6.03. The summed E-state index contributed by atoms with van der Waals surface area (Å²) >= 11 is 0. The minimum atomic E-state index is -0.378. The molecule has 28 heavy (non-hydrogen) atoms. The molecule has 0 N–H and O–H groups in total. The zero-order valence-electron chi connectivity index (χ0n) is 14.7. The van der Waals surface area contributed by atoms with Crippen LogP contribution in [0, 0.1) is 5.82 Å². The number of hydrogen-bond acceptors (Lipinski definition) is 5. The van der Waals surface area contributed by atoms with Crippen molar-refractivity contribution in [2.24, 2.45) is 0 Å². The van der Waals surface area contributed by atoms with Crippen molar-refractivity contribution in [2.45, 2.75) is 6.61 Å². The van der Waals surface area contributed by atoms with Crippen molar-refractivity contribution in [2.75, 3.05) is 0 Å². The fraction of sp³-hybridized carbons (Fsp3) is 0.0455. The van der Waals surface area contributed by atoms with E-state index in [9.17, 15) is 9.18 Å². The standard InChI is InChI=1S/C22H15FN2O3/c23-18-10-6-15(7-11-18)21(26)16-8-12-19(13-9-16)27-14-20-24-22(25-28-20)17-4-2-1-3-5-17/h1-13H,14H2. The van der Waals surface area contributed by atoms with Crippen molar-refractivity contribution in [3.05, 3.63) is 102 Å². The molecule has 0 saturated heterocycles. The highest BCUT2D eigenvalue weighted by atomic mass is 19.1. The molecule has 5 nitrogen and oxygen atoms in total. The van der Waals surface area contributed by atoms with Crippen molar-refractivity contribution >= 4 is 5.78 Å². The highest BCUT2D eigenvalue weighted by Gasteiger charge is 2.11. The van der Waals surface area contributed by atoms with Gasteiger partial charge >= 0.3 is 0 Å². The van der Waals surface area contributed by atoms with Crippen molar-refractivity contribution in [3.8, 4) is 17.1 Å². The summed E-state index contributed by atoms with van der Waals surface area (Å²) in [7, 11) is 0. The predicted molar refractivity (Wildman–Crippen MR) is 100 cm³/mol. The number of ether oxygens (including phenoxy) is 1. The van der Waals surface area contributed by atoms with E-state index in [1.807, 2.05) is 30.3 Å². The van der Waals surface area contributed by atoms with E-state index in [1.54, 1.807) is 24.3 Å². The maximum atomic E-state index is 13.0. The van der Waals surface area contributed by atoms with E-state index >= 15 is 0 Å². The first-order chi connectivity index (χ1) is 13.7. The Labute approximate surface area is 160 Å². The molecule has 0 aliphatic heterocycles. The summed E-state index contributed by atoms with van der Waals surface area (Å²) in [5.74, 6) is 0.854. The molecule has 4 aromatic rings. The average Bonchev–Trinajstić information content (AvgIpc) is 3.22. The molecule has 0 saturated carbocycles. The van der Waals surface area contributed by atoms with Gasteiger partial charge in [0.2, 0.25) is 5.82 Å². The van der Waals surface area contributed by atoms with Crippen LogP contribution in [0.1, 0.15) is 21.8 Å². The molecule has 1 heterocycles. The summed E-state index contributed by atoms with van der Waals surface area (Å²) in [4.78, 5) is 16.7. The number of nitrogens with zero attached hydrogens (tertiary/aromatic N) is 2. The molecular weight excluding hydrogens is 359 g/mol. The Hall–Kier alpha value is -3.80. The lowest BCUT2D eigenvalue weighted by Crippen LogP contribution is -2.01. The maximum Gasteiger partial charge on any atom is 0.264 e. The Morgan fingerprint density at radius 1 is 0.893 bits per heavy atom. The Kier molecular flexibility index (Phi) is 4.93. The van der Waals surface area contributed by atoms with Gasteiger partial charge in [0.25, 0.3) is 5.89 Å². The fourth-order valence-electron chi connectivity index (χ4n) is 2.63. The number of rotatable bonds is 6. The van der Waals surface area contributed by atoms with Gasteiger partial charge in [-0.2, -0.15) is 4.98 Å². The second-order valence-electron chi connectivity index (χ2n) is 6.03. The van der Waals surface area contributed by atoms with E-state index in [0.29, 0.717) is 28.6 Å². The van der Waals surface area contributed by atoms with Gasteiger partial charge in [0, 0.05) is 16.7 Å². The summed E-state index contributed by atoms with van der Waals surface area (Å²) in [6, 6.07) is 21.6. The van der Waals surface area contributed by atoms with Crippen molar-refractivity contribution < 1.29 is 18.4 Å². The molecule has 0 radical (unpaired) electrons. The van der Waals surface area contributed by atoms with Gasteiger partial charge in [-0.05, 0) is 48.5 Å². The third kappa shape index (κ3) is 3.96. The van der Waals surface area contributed by atoms with Crippen LogP contribution in [-0.4, -0.2) is 15.9 Å². The first-order valence-electron chi connectivity index (χ1n) is 8.60. The number of benzene rings is 3. The molecule has 0 unspecified atom stereocenters. The minimum Gasteiger partial charge on any atom is -0.484 e.